The van der Waals surface area contributed by atoms with Gasteiger partial charge in [0.15, 0.2) is 0 Å². The van der Waals surface area contributed by atoms with E-state index in [0.29, 0.717) is 13.1 Å². The lowest BCUT2D eigenvalue weighted by atomic mass is 10.00. The summed E-state index contributed by atoms with van der Waals surface area (Å²) in [6, 6.07) is 16.1. The molecule has 1 amide bonds. The van der Waals surface area contributed by atoms with Gasteiger partial charge >= 0.3 is 6.09 Å². The van der Waals surface area contributed by atoms with Gasteiger partial charge in [-0.05, 0) is 37.5 Å². The van der Waals surface area contributed by atoms with E-state index < -0.39 is 10.1 Å². The second kappa shape index (κ2) is 9.21. The molecule has 28 heavy (non-hydrogen) atoms. The summed E-state index contributed by atoms with van der Waals surface area (Å²) in [5.74, 6) is -0.0433. The first-order valence-corrected chi connectivity index (χ1v) is 10.8. The van der Waals surface area contributed by atoms with Crippen LogP contribution in [-0.4, -0.2) is 39.1 Å². The van der Waals surface area contributed by atoms with Crippen molar-refractivity contribution in [2.45, 2.75) is 31.3 Å². The van der Waals surface area contributed by atoms with E-state index in [9.17, 15) is 13.2 Å². The van der Waals surface area contributed by atoms with E-state index in [0.717, 1.165) is 24.0 Å². The number of rotatable bonds is 6. The van der Waals surface area contributed by atoms with Crippen molar-refractivity contribution in [3.8, 4) is 0 Å². The number of hydrogen-bond acceptors (Lipinski definition) is 5. The average Bonchev–Trinajstić information content (AvgIpc) is 2.72. The van der Waals surface area contributed by atoms with Crippen molar-refractivity contribution in [3.63, 3.8) is 0 Å². The summed E-state index contributed by atoms with van der Waals surface area (Å²) in [5, 5.41) is 0. The Labute approximate surface area is 166 Å². The standard InChI is InChI=1S/C21H25NO5S/c1-17-9-11-20(12-10-17)28(24,25)27-16-19-8-5-13-22(14-19)21(23)26-15-18-6-3-2-4-7-18/h2-4,6-7,9-12,19H,5,8,13-16H2,1H3/t19-/m1/s1. The second-order valence-electron chi connectivity index (χ2n) is 7.05. The van der Waals surface area contributed by atoms with Crippen LogP contribution >= 0.6 is 0 Å². The molecule has 7 heteroatoms. The van der Waals surface area contributed by atoms with Crippen LogP contribution in [-0.2, 0) is 25.6 Å². The van der Waals surface area contributed by atoms with E-state index in [1.165, 1.54) is 0 Å². The molecule has 1 fully saturated rings. The van der Waals surface area contributed by atoms with Gasteiger partial charge in [0.1, 0.15) is 6.61 Å². The van der Waals surface area contributed by atoms with Crippen molar-refractivity contribution in [1.82, 2.24) is 4.90 Å². The van der Waals surface area contributed by atoms with Gasteiger partial charge in [-0.2, -0.15) is 8.42 Å². The molecule has 150 valence electrons. The lowest BCUT2D eigenvalue weighted by Gasteiger charge is -2.31. The Morgan fingerprint density at radius 3 is 2.54 bits per heavy atom. The van der Waals surface area contributed by atoms with E-state index >= 15 is 0 Å². The highest BCUT2D eigenvalue weighted by atomic mass is 32.2. The van der Waals surface area contributed by atoms with Gasteiger partial charge in [-0.1, -0.05) is 48.0 Å². The Morgan fingerprint density at radius 2 is 1.82 bits per heavy atom. The van der Waals surface area contributed by atoms with Crippen LogP contribution in [0.4, 0.5) is 4.79 Å². The zero-order valence-electron chi connectivity index (χ0n) is 15.9. The first-order chi connectivity index (χ1) is 13.4. The maximum Gasteiger partial charge on any atom is 0.410 e. The van der Waals surface area contributed by atoms with Crippen molar-refractivity contribution in [2.24, 2.45) is 5.92 Å². The SMILES string of the molecule is Cc1ccc(S(=O)(=O)OC[C@@H]2CCCN(C(=O)OCc3ccccc3)C2)cc1. The van der Waals surface area contributed by atoms with Crippen LogP contribution in [0.3, 0.4) is 0 Å². The van der Waals surface area contributed by atoms with E-state index in [-0.39, 0.29) is 30.1 Å². The molecule has 0 saturated carbocycles. The van der Waals surface area contributed by atoms with Crippen molar-refractivity contribution >= 4 is 16.2 Å². The number of likely N-dealkylation sites (tertiary alicyclic amines) is 1. The molecule has 0 spiro atoms. The summed E-state index contributed by atoms with van der Waals surface area (Å²) in [5.41, 5.74) is 1.91. The van der Waals surface area contributed by atoms with Crippen molar-refractivity contribution in [1.29, 1.82) is 0 Å². The smallest absolute Gasteiger partial charge is 0.410 e. The fourth-order valence-electron chi connectivity index (χ4n) is 3.14. The maximum absolute atomic E-state index is 12.3. The number of benzene rings is 2. The predicted molar refractivity (Wildman–Crippen MR) is 105 cm³/mol. The van der Waals surface area contributed by atoms with E-state index in [1.54, 1.807) is 29.2 Å². The molecular weight excluding hydrogens is 378 g/mol. The molecular formula is C21H25NO5S. The molecule has 1 aliphatic heterocycles. The summed E-state index contributed by atoms with van der Waals surface area (Å²) in [6.45, 7) is 3.20. The molecule has 3 rings (SSSR count). The summed E-state index contributed by atoms with van der Waals surface area (Å²) in [4.78, 5) is 14.1. The lowest BCUT2D eigenvalue weighted by Crippen LogP contribution is -2.41. The zero-order valence-corrected chi connectivity index (χ0v) is 16.7. The molecule has 0 aliphatic carbocycles. The Bertz CT molecular complexity index is 881. The highest BCUT2D eigenvalue weighted by Crippen LogP contribution is 2.21. The normalized spacial score (nSPS) is 17.3. The van der Waals surface area contributed by atoms with Crippen LogP contribution in [0, 0.1) is 12.8 Å². The topological polar surface area (TPSA) is 72.9 Å². The van der Waals surface area contributed by atoms with Gasteiger partial charge in [0, 0.05) is 19.0 Å². The van der Waals surface area contributed by atoms with Gasteiger partial charge in [0.05, 0.1) is 11.5 Å². The van der Waals surface area contributed by atoms with Crippen LogP contribution < -0.4 is 0 Å². The number of ether oxygens (including phenoxy) is 1. The lowest BCUT2D eigenvalue weighted by molar-refractivity contribution is 0.0717. The van der Waals surface area contributed by atoms with Crippen LogP contribution in [0.25, 0.3) is 0 Å². The maximum atomic E-state index is 12.3. The largest absolute Gasteiger partial charge is 0.445 e. The summed E-state index contributed by atoms with van der Waals surface area (Å²) in [7, 11) is -3.80. The van der Waals surface area contributed by atoms with Gasteiger partial charge in [0.25, 0.3) is 10.1 Å². The van der Waals surface area contributed by atoms with E-state index in [1.807, 2.05) is 37.3 Å². The predicted octanol–water partition coefficient (Wildman–Crippen LogP) is 3.75. The Balaban J connectivity index is 1.50. The number of piperidine rings is 1. The molecule has 2 aromatic rings. The van der Waals surface area contributed by atoms with Gasteiger partial charge < -0.3 is 9.64 Å². The molecule has 0 N–H and O–H groups in total. The molecule has 0 aromatic heterocycles. The third kappa shape index (κ3) is 5.56. The number of hydrogen-bond donors (Lipinski definition) is 0. The van der Waals surface area contributed by atoms with Gasteiger partial charge in [-0.15, -0.1) is 0 Å². The minimum Gasteiger partial charge on any atom is -0.445 e. The molecule has 1 saturated heterocycles. The molecule has 0 radical (unpaired) electrons. The summed E-state index contributed by atoms with van der Waals surface area (Å²) >= 11 is 0. The minimum atomic E-state index is -3.80. The molecule has 1 aliphatic rings. The second-order valence-corrected chi connectivity index (χ2v) is 8.66. The summed E-state index contributed by atoms with van der Waals surface area (Å²) < 4.78 is 35.3. The zero-order chi connectivity index (χ0) is 20.0. The van der Waals surface area contributed by atoms with Crippen LogP contribution in [0.5, 0.6) is 0 Å². The Morgan fingerprint density at radius 1 is 1.11 bits per heavy atom. The summed E-state index contributed by atoms with van der Waals surface area (Å²) in [6.07, 6.45) is 1.22. The van der Waals surface area contributed by atoms with Gasteiger partial charge in [-0.3, -0.25) is 4.18 Å². The van der Waals surface area contributed by atoms with Crippen LogP contribution in [0.15, 0.2) is 59.5 Å². The van der Waals surface area contributed by atoms with Gasteiger partial charge in [-0.25, -0.2) is 4.79 Å². The Hall–Kier alpha value is -2.38. The molecule has 1 atom stereocenters. The third-order valence-corrected chi connectivity index (χ3v) is 6.05. The van der Waals surface area contributed by atoms with E-state index in [4.69, 9.17) is 8.92 Å². The van der Waals surface area contributed by atoms with Crippen molar-refractivity contribution in [2.75, 3.05) is 19.7 Å². The average molecular weight is 404 g/mol. The first kappa shape index (κ1) is 20.4. The van der Waals surface area contributed by atoms with Crippen molar-refractivity contribution < 1.29 is 22.1 Å². The number of nitrogens with zero attached hydrogens (tertiary/aromatic N) is 1. The molecule has 2 aromatic carbocycles. The highest BCUT2D eigenvalue weighted by Gasteiger charge is 2.27. The quantitative estimate of drug-likeness (QED) is 0.687. The van der Waals surface area contributed by atoms with E-state index in [2.05, 4.69) is 0 Å². The monoisotopic (exact) mass is 403 g/mol. The van der Waals surface area contributed by atoms with Gasteiger partial charge in [0.2, 0.25) is 0 Å². The van der Waals surface area contributed by atoms with Crippen LogP contribution in [0.1, 0.15) is 24.0 Å². The Kier molecular flexibility index (Phi) is 6.70. The molecule has 1 heterocycles. The highest BCUT2D eigenvalue weighted by molar-refractivity contribution is 7.86. The molecule has 0 unspecified atom stereocenters. The fraction of sp³-hybridized carbons (Fsp3) is 0.381. The number of amides is 1. The number of aryl methyl sites for hydroxylation is 1. The minimum absolute atomic E-state index is 0.0433. The van der Waals surface area contributed by atoms with Crippen LogP contribution in [0.2, 0.25) is 0 Å². The molecule has 6 nitrogen and oxygen atoms in total. The first-order valence-electron chi connectivity index (χ1n) is 9.36. The number of carbonyl (C=O) groups is 1. The molecule has 0 bridgehead atoms. The van der Waals surface area contributed by atoms with Crippen molar-refractivity contribution in [3.05, 3.63) is 65.7 Å². The number of carbonyl (C=O) groups excluding carboxylic acids is 1. The fourth-order valence-corrected chi connectivity index (χ4v) is 4.11. The third-order valence-electron chi connectivity index (χ3n) is 4.75.